The lowest BCUT2D eigenvalue weighted by Gasteiger charge is -2.63. The summed E-state index contributed by atoms with van der Waals surface area (Å²) in [6, 6.07) is 0. The predicted molar refractivity (Wildman–Crippen MR) is 211 cm³/mol. The highest BCUT2D eigenvalue weighted by atomic mass is 16.8. The molecule has 0 aromatic carbocycles. The van der Waals surface area contributed by atoms with Gasteiger partial charge in [0, 0.05) is 24.2 Å². The summed E-state index contributed by atoms with van der Waals surface area (Å²) in [5.41, 5.74) is -2.40. The number of rotatable bonds is 7. The fourth-order valence-corrected chi connectivity index (χ4v) is 13.6. The molecule has 3 saturated carbocycles. The van der Waals surface area contributed by atoms with E-state index < -0.39 is 134 Å². The first-order chi connectivity index (χ1) is 29.2. The van der Waals surface area contributed by atoms with E-state index in [4.69, 9.17) is 37.9 Å². The monoisotopic (exact) mass is 886 g/mol. The Kier molecular flexibility index (Phi) is 12.2. The van der Waals surface area contributed by atoms with E-state index in [1.807, 2.05) is 6.92 Å². The van der Waals surface area contributed by atoms with Crippen molar-refractivity contribution in [1.29, 1.82) is 0 Å². The third-order valence-corrected chi connectivity index (χ3v) is 17.7. The molecule has 5 saturated heterocycles. The van der Waals surface area contributed by atoms with Crippen LogP contribution in [0.25, 0.3) is 0 Å². The van der Waals surface area contributed by atoms with E-state index in [0.717, 1.165) is 18.4 Å². The molecule has 0 aromatic rings. The quantitative estimate of drug-likeness (QED) is 0.139. The number of fused-ring (bicyclic) bond motifs is 7. The van der Waals surface area contributed by atoms with Gasteiger partial charge >= 0.3 is 0 Å². The standard InChI is InChI=1S/C44H70O18/c1-19-8-13-43(56-17-19)21(3)44(54)28(62-43)15-42(53)25-7-6-22-14-23(9-11-40(22,4)24(25)10-12-41(42,44)5)58-39-36(61-38-34(52)32(50)29(47)20(2)57-38)35(31(49)27(16-45)59-39)60-37-33(51)30(48)26(46)18-55-37/h6,19-21,23-39,45-54H,7-18H2,1-5H3/t19?,20-,21?,23?,24?,25?,26-,27-,28?,29-,30+,31-,32-,33-,34-,35+,36-,37+,38+,39-,40?,41?,42?,43?,44?/m1/s1. The van der Waals surface area contributed by atoms with E-state index in [9.17, 15) is 51.1 Å². The van der Waals surface area contributed by atoms with Crippen LogP contribution in [-0.4, -0.2) is 186 Å². The van der Waals surface area contributed by atoms with Crippen molar-refractivity contribution in [3.8, 4) is 0 Å². The third kappa shape index (κ3) is 6.79. The Hall–Kier alpha value is -0.980. The van der Waals surface area contributed by atoms with Gasteiger partial charge in [-0.3, -0.25) is 0 Å². The Labute approximate surface area is 362 Å². The van der Waals surface area contributed by atoms with Crippen LogP contribution in [0.4, 0.5) is 0 Å². The summed E-state index contributed by atoms with van der Waals surface area (Å²) in [6.45, 7) is 9.48. The van der Waals surface area contributed by atoms with Crippen LogP contribution in [0.1, 0.15) is 92.4 Å². The molecular formula is C44H70O18. The van der Waals surface area contributed by atoms with Crippen LogP contribution in [0.2, 0.25) is 0 Å². The smallest absolute Gasteiger partial charge is 0.187 e. The minimum Gasteiger partial charge on any atom is -0.394 e. The fraction of sp³-hybridized carbons (Fsp3) is 0.955. The Morgan fingerprint density at radius 2 is 1.45 bits per heavy atom. The minimum absolute atomic E-state index is 0.109. The molecule has 25 atom stereocenters. The molecule has 5 heterocycles. The number of aliphatic hydroxyl groups is 10. The van der Waals surface area contributed by atoms with Gasteiger partial charge in [-0.1, -0.05) is 39.3 Å². The Bertz CT molecular complexity index is 1660. The van der Waals surface area contributed by atoms with E-state index in [1.54, 1.807) is 0 Å². The second-order valence-electron chi connectivity index (χ2n) is 20.9. The second kappa shape index (κ2) is 16.4. The lowest BCUT2D eigenvalue weighted by atomic mass is 9.44. The van der Waals surface area contributed by atoms with Gasteiger partial charge in [0.05, 0.1) is 43.7 Å². The summed E-state index contributed by atoms with van der Waals surface area (Å²) in [6.07, 6.45) is -14.2. The van der Waals surface area contributed by atoms with Crippen molar-refractivity contribution in [3.05, 3.63) is 11.6 Å². The number of allylic oxidation sites excluding steroid dienone is 1. The molecule has 9 aliphatic rings. The maximum absolute atomic E-state index is 13.0. The zero-order valence-electron chi connectivity index (χ0n) is 36.3. The van der Waals surface area contributed by atoms with Crippen molar-refractivity contribution in [2.75, 3.05) is 19.8 Å². The zero-order valence-corrected chi connectivity index (χ0v) is 36.3. The molecule has 18 heteroatoms. The molecule has 62 heavy (non-hydrogen) atoms. The van der Waals surface area contributed by atoms with Gasteiger partial charge in [0.25, 0.3) is 0 Å². The summed E-state index contributed by atoms with van der Waals surface area (Å²) < 4.78 is 49.6. The summed E-state index contributed by atoms with van der Waals surface area (Å²) in [5.74, 6) is -0.768. The average molecular weight is 887 g/mol. The van der Waals surface area contributed by atoms with Crippen molar-refractivity contribution in [1.82, 2.24) is 0 Å². The molecule has 10 N–H and O–H groups in total. The van der Waals surface area contributed by atoms with Gasteiger partial charge in [-0.2, -0.15) is 0 Å². The maximum Gasteiger partial charge on any atom is 0.187 e. The van der Waals surface area contributed by atoms with E-state index in [2.05, 4.69) is 26.8 Å². The van der Waals surface area contributed by atoms with E-state index >= 15 is 0 Å². The summed E-state index contributed by atoms with van der Waals surface area (Å²) in [7, 11) is 0. The van der Waals surface area contributed by atoms with Gasteiger partial charge in [-0.25, -0.2) is 0 Å². The first kappa shape index (κ1) is 46.1. The molecule has 1 spiro atoms. The summed E-state index contributed by atoms with van der Waals surface area (Å²) >= 11 is 0. The molecule has 0 bridgehead atoms. The molecule has 4 aliphatic carbocycles. The molecule has 18 nitrogen and oxygen atoms in total. The van der Waals surface area contributed by atoms with Crippen molar-refractivity contribution >= 4 is 0 Å². The van der Waals surface area contributed by atoms with Gasteiger partial charge in [-0.05, 0) is 75.0 Å². The van der Waals surface area contributed by atoms with Gasteiger partial charge in [-0.15, -0.1) is 0 Å². The molecule has 354 valence electrons. The SMILES string of the molecule is CC1CCC2(OC1)OC1CC3(O)C4CC=C5CC(O[C@@H]6O[C@H](CO)[C@@H](O)[C@H](O[C@@H]7OC[C@@H](O)[C@H](O)[C@H]7O)[C@H]6O[C@@H]6O[C@H](C)[C@@H](O)[C@@H](O)[C@H]6O)CCC5(C)C4CCC3(C)C1(O)C2C. The number of ether oxygens (including phenoxy) is 8. The molecule has 0 radical (unpaired) electrons. The van der Waals surface area contributed by atoms with Crippen LogP contribution in [0.15, 0.2) is 11.6 Å². The molecule has 0 amide bonds. The molecule has 11 unspecified atom stereocenters. The minimum atomic E-state index is -1.76. The first-order valence-electron chi connectivity index (χ1n) is 22.9. The average Bonchev–Trinajstić information content (AvgIpc) is 3.56. The van der Waals surface area contributed by atoms with Crippen LogP contribution in [-0.2, 0) is 37.9 Å². The van der Waals surface area contributed by atoms with Crippen molar-refractivity contribution in [3.63, 3.8) is 0 Å². The zero-order chi connectivity index (χ0) is 44.5. The Morgan fingerprint density at radius 1 is 0.726 bits per heavy atom. The molecule has 9 rings (SSSR count). The van der Waals surface area contributed by atoms with Crippen LogP contribution in [0.3, 0.4) is 0 Å². The van der Waals surface area contributed by atoms with Gasteiger partial charge in [0.1, 0.15) is 66.6 Å². The van der Waals surface area contributed by atoms with Gasteiger partial charge < -0.3 is 89.0 Å². The highest BCUT2D eigenvalue weighted by Crippen LogP contribution is 2.73. The van der Waals surface area contributed by atoms with Crippen molar-refractivity contribution in [2.24, 2.45) is 34.5 Å². The molecule has 8 fully saturated rings. The second-order valence-corrected chi connectivity index (χ2v) is 20.9. The summed E-state index contributed by atoms with van der Waals surface area (Å²) in [4.78, 5) is 0. The largest absolute Gasteiger partial charge is 0.394 e. The highest BCUT2D eigenvalue weighted by molar-refractivity contribution is 5.33. The Balaban J connectivity index is 0.954. The highest BCUT2D eigenvalue weighted by Gasteiger charge is 2.81. The number of hydrogen-bond donors (Lipinski definition) is 10. The number of hydrogen-bond acceptors (Lipinski definition) is 18. The lowest BCUT2D eigenvalue weighted by Crippen LogP contribution is -2.67. The van der Waals surface area contributed by atoms with Crippen LogP contribution in [0, 0.1) is 34.5 Å². The topological polar surface area (TPSA) is 276 Å². The van der Waals surface area contributed by atoms with Crippen molar-refractivity contribution in [2.45, 2.75) is 208 Å². The van der Waals surface area contributed by atoms with E-state index in [-0.39, 0.29) is 23.2 Å². The lowest BCUT2D eigenvalue weighted by molar-refractivity contribution is -0.390. The van der Waals surface area contributed by atoms with Crippen LogP contribution in [0.5, 0.6) is 0 Å². The molecule has 0 aromatic heterocycles. The molecular weight excluding hydrogens is 816 g/mol. The predicted octanol–water partition coefficient (Wildman–Crippen LogP) is -0.917. The van der Waals surface area contributed by atoms with E-state index in [0.29, 0.717) is 57.5 Å². The van der Waals surface area contributed by atoms with Crippen LogP contribution < -0.4 is 0 Å². The third-order valence-electron chi connectivity index (χ3n) is 17.7. The van der Waals surface area contributed by atoms with Crippen LogP contribution >= 0.6 is 0 Å². The van der Waals surface area contributed by atoms with Gasteiger partial charge in [0.2, 0.25) is 0 Å². The summed E-state index contributed by atoms with van der Waals surface area (Å²) in [5, 5.41) is 111. The normalized spacial score (nSPS) is 58.9. The van der Waals surface area contributed by atoms with Crippen molar-refractivity contribution < 1.29 is 89.0 Å². The Morgan fingerprint density at radius 3 is 2.16 bits per heavy atom. The van der Waals surface area contributed by atoms with E-state index in [1.165, 1.54) is 6.92 Å². The van der Waals surface area contributed by atoms with Gasteiger partial charge in [0.15, 0.2) is 24.7 Å². The molecule has 5 aliphatic heterocycles. The first-order valence-corrected chi connectivity index (χ1v) is 22.9. The maximum atomic E-state index is 13.0. The number of aliphatic hydroxyl groups excluding tert-OH is 8. The fourth-order valence-electron chi connectivity index (χ4n) is 13.6.